The lowest BCUT2D eigenvalue weighted by Gasteiger charge is -2.23. The lowest BCUT2D eigenvalue weighted by atomic mass is 9.86. The Kier molecular flexibility index (Phi) is 3.11. The molecule has 0 unspecified atom stereocenters. The van der Waals surface area contributed by atoms with E-state index in [4.69, 9.17) is 12.2 Å². The zero-order chi connectivity index (χ0) is 13.3. The number of nitrogens with two attached hydrogens (primary N) is 1. The standard InChI is InChI=1S/C12H15N3O3/c1-2-12(7-16)6-8(5-9(12)17)15-4-3-10(13)14-11(15)18/h1,3-4,8-9,16-17H,5-7H2,(H2,13,14,18)/t8-,9-,12+/m0/s1. The van der Waals surface area contributed by atoms with Gasteiger partial charge in [-0.1, -0.05) is 5.92 Å². The number of rotatable bonds is 2. The maximum atomic E-state index is 11.7. The van der Waals surface area contributed by atoms with E-state index in [-0.39, 0.29) is 18.5 Å². The van der Waals surface area contributed by atoms with Crippen LogP contribution in [0.15, 0.2) is 17.1 Å². The van der Waals surface area contributed by atoms with Crippen LogP contribution in [0.4, 0.5) is 5.82 Å². The summed E-state index contributed by atoms with van der Waals surface area (Å²) >= 11 is 0. The third kappa shape index (κ3) is 1.88. The minimum atomic E-state index is -0.981. The molecular formula is C12H15N3O3. The molecule has 4 N–H and O–H groups in total. The molecule has 1 aromatic rings. The number of hydrogen-bond acceptors (Lipinski definition) is 5. The summed E-state index contributed by atoms with van der Waals surface area (Å²) in [6, 6.07) is 1.24. The molecule has 1 saturated carbocycles. The van der Waals surface area contributed by atoms with Gasteiger partial charge in [0.05, 0.1) is 18.1 Å². The van der Waals surface area contributed by atoms with Crippen LogP contribution >= 0.6 is 0 Å². The van der Waals surface area contributed by atoms with E-state index in [1.165, 1.54) is 16.8 Å². The van der Waals surface area contributed by atoms with Crippen LogP contribution in [0.3, 0.4) is 0 Å². The predicted octanol–water partition coefficient (Wildman–Crippen LogP) is -0.867. The van der Waals surface area contributed by atoms with E-state index in [2.05, 4.69) is 10.9 Å². The molecule has 0 radical (unpaired) electrons. The lowest BCUT2D eigenvalue weighted by molar-refractivity contribution is 0.0475. The largest absolute Gasteiger partial charge is 0.395 e. The summed E-state index contributed by atoms with van der Waals surface area (Å²) in [5.41, 5.74) is 3.96. The molecule has 0 aromatic carbocycles. The van der Waals surface area contributed by atoms with Gasteiger partial charge < -0.3 is 15.9 Å². The van der Waals surface area contributed by atoms with Crippen molar-refractivity contribution >= 4 is 5.82 Å². The van der Waals surface area contributed by atoms with Gasteiger partial charge in [-0.2, -0.15) is 4.98 Å². The SMILES string of the molecule is C#C[C@]1(CO)C[C@@H](n2ccc(N)nc2=O)C[C@@H]1O. The molecule has 3 atom stereocenters. The van der Waals surface area contributed by atoms with E-state index in [9.17, 15) is 15.0 Å². The molecule has 0 aliphatic heterocycles. The van der Waals surface area contributed by atoms with Crippen molar-refractivity contribution in [2.45, 2.75) is 25.0 Å². The van der Waals surface area contributed by atoms with Crippen LogP contribution < -0.4 is 11.4 Å². The van der Waals surface area contributed by atoms with Crippen molar-refractivity contribution in [3.05, 3.63) is 22.7 Å². The first-order valence-electron chi connectivity index (χ1n) is 5.64. The number of terminal acetylenes is 1. The number of aromatic nitrogens is 2. The smallest absolute Gasteiger partial charge is 0.349 e. The highest BCUT2D eigenvalue weighted by molar-refractivity contribution is 5.24. The summed E-state index contributed by atoms with van der Waals surface area (Å²) in [6.07, 6.45) is 6.74. The number of anilines is 1. The summed E-state index contributed by atoms with van der Waals surface area (Å²) in [4.78, 5) is 15.3. The first kappa shape index (κ1) is 12.6. The fourth-order valence-electron chi connectivity index (χ4n) is 2.41. The van der Waals surface area contributed by atoms with Crippen molar-refractivity contribution in [3.63, 3.8) is 0 Å². The zero-order valence-corrected chi connectivity index (χ0v) is 9.78. The fourth-order valence-corrected chi connectivity index (χ4v) is 2.41. The van der Waals surface area contributed by atoms with Crippen molar-refractivity contribution in [2.75, 3.05) is 12.3 Å². The van der Waals surface area contributed by atoms with Crippen LogP contribution in [-0.4, -0.2) is 32.5 Å². The summed E-state index contributed by atoms with van der Waals surface area (Å²) < 4.78 is 1.40. The predicted molar refractivity (Wildman–Crippen MR) is 65.5 cm³/mol. The Morgan fingerprint density at radius 1 is 1.72 bits per heavy atom. The average Bonchev–Trinajstić information content (AvgIpc) is 2.67. The molecule has 1 aromatic heterocycles. The quantitative estimate of drug-likeness (QED) is 0.592. The highest BCUT2D eigenvalue weighted by Gasteiger charge is 2.46. The molecule has 18 heavy (non-hydrogen) atoms. The highest BCUT2D eigenvalue weighted by atomic mass is 16.3. The number of aliphatic hydroxyl groups is 2. The van der Waals surface area contributed by atoms with Crippen LogP contribution in [0.2, 0.25) is 0 Å². The van der Waals surface area contributed by atoms with Gasteiger partial charge in [0.2, 0.25) is 0 Å². The molecule has 1 fully saturated rings. The van der Waals surface area contributed by atoms with Gasteiger partial charge in [0.15, 0.2) is 0 Å². The molecule has 6 nitrogen and oxygen atoms in total. The summed E-state index contributed by atoms with van der Waals surface area (Å²) in [6.45, 7) is -0.307. The van der Waals surface area contributed by atoms with E-state index in [1.807, 2.05) is 0 Å². The van der Waals surface area contributed by atoms with E-state index in [1.54, 1.807) is 0 Å². The Balaban J connectivity index is 2.33. The van der Waals surface area contributed by atoms with Gasteiger partial charge in [-0.25, -0.2) is 4.79 Å². The Bertz CT molecular complexity index is 548. The Morgan fingerprint density at radius 3 is 2.94 bits per heavy atom. The molecule has 6 heteroatoms. The van der Waals surface area contributed by atoms with Crippen LogP contribution in [0.1, 0.15) is 18.9 Å². The van der Waals surface area contributed by atoms with Crippen LogP contribution in [0.25, 0.3) is 0 Å². The van der Waals surface area contributed by atoms with Crippen molar-refractivity contribution in [1.29, 1.82) is 0 Å². The second-order valence-electron chi connectivity index (χ2n) is 4.61. The van der Waals surface area contributed by atoms with Crippen molar-refractivity contribution in [1.82, 2.24) is 9.55 Å². The minimum Gasteiger partial charge on any atom is -0.395 e. The van der Waals surface area contributed by atoms with Crippen molar-refractivity contribution in [2.24, 2.45) is 5.41 Å². The monoisotopic (exact) mass is 249 g/mol. The first-order chi connectivity index (χ1) is 8.52. The van der Waals surface area contributed by atoms with E-state index < -0.39 is 17.2 Å². The molecule has 1 aliphatic carbocycles. The summed E-state index contributed by atoms with van der Waals surface area (Å²) in [5.74, 6) is 2.60. The number of nitrogens with zero attached hydrogens (tertiary/aromatic N) is 2. The molecule has 2 rings (SSSR count). The normalized spacial score (nSPS) is 31.2. The maximum absolute atomic E-state index is 11.7. The molecule has 96 valence electrons. The second kappa shape index (κ2) is 4.44. The van der Waals surface area contributed by atoms with Gasteiger partial charge in [-0.05, 0) is 18.9 Å². The second-order valence-corrected chi connectivity index (χ2v) is 4.61. The zero-order valence-electron chi connectivity index (χ0n) is 9.78. The number of hydrogen-bond donors (Lipinski definition) is 3. The molecule has 0 bridgehead atoms. The first-order valence-corrected chi connectivity index (χ1v) is 5.64. The van der Waals surface area contributed by atoms with E-state index >= 15 is 0 Å². The van der Waals surface area contributed by atoms with Crippen LogP contribution in [0.5, 0.6) is 0 Å². The van der Waals surface area contributed by atoms with E-state index in [0.717, 1.165) is 0 Å². The van der Waals surface area contributed by atoms with E-state index in [0.29, 0.717) is 12.8 Å². The third-order valence-corrected chi connectivity index (χ3v) is 3.55. The summed E-state index contributed by atoms with van der Waals surface area (Å²) in [5, 5.41) is 19.3. The Labute approximate surface area is 104 Å². The molecule has 1 heterocycles. The minimum absolute atomic E-state index is 0.153. The van der Waals surface area contributed by atoms with Gasteiger partial charge in [0, 0.05) is 12.2 Å². The lowest BCUT2D eigenvalue weighted by Crippen LogP contribution is -2.32. The molecule has 0 amide bonds. The van der Waals surface area contributed by atoms with Crippen molar-refractivity contribution in [3.8, 4) is 12.3 Å². The molecule has 0 saturated heterocycles. The molecular weight excluding hydrogens is 234 g/mol. The van der Waals surface area contributed by atoms with Crippen molar-refractivity contribution < 1.29 is 10.2 Å². The average molecular weight is 249 g/mol. The molecule has 1 aliphatic rings. The van der Waals surface area contributed by atoms with Gasteiger partial charge in [-0.15, -0.1) is 6.42 Å². The van der Waals surface area contributed by atoms with Gasteiger partial charge >= 0.3 is 5.69 Å². The van der Waals surface area contributed by atoms with Gasteiger partial charge in [0.25, 0.3) is 0 Å². The van der Waals surface area contributed by atoms with Gasteiger partial charge in [-0.3, -0.25) is 4.57 Å². The highest BCUT2D eigenvalue weighted by Crippen LogP contribution is 2.43. The third-order valence-electron chi connectivity index (χ3n) is 3.55. The topological polar surface area (TPSA) is 101 Å². The van der Waals surface area contributed by atoms with Crippen LogP contribution in [-0.2, 0) is 0 Å². The fraction of sp³-hybridized carbons (Fsp3) is 0.500. The number of aliphatic hydroxyl groups excluding tert-OH is 2. The maximum Gasteiger partial charge on any atom is 0.349 e. The summed E-state index contributed by atoms with van der Waals surface area (Å²) in [7, 11) is 0. The number of nitrogen functional groups attached to an aromatic ring is 1. The van der Waals surface area contributed by atoms with Gasteiger partial charge in [0.1, 0.15) is 5.82 Å². The van der Waals surface area contributed by atoms with Crippen LogP contribution in [0, 0.1) is 17.8 Å². The molecule has 0 spiro atoms. The Morgan fingerprint density at radius 2 is 2.44 bits per heavy atom. The Hall–Kier alpha value is -1.84.